The van der Waals surface area contributed by atoms with Crippen LogP contribution >= 0.6 is 35.7 Å². The largest absolute Gasteiger partial charge is 0.490 e. The average Bonchev–Trinajstić information content (AvgIpc) is 2.82. The average molecular weight is 518 g/mol. The number of hydrogen-bond acceptors (Lipinski definition) is 10. The van der Waals surface area contributed by atoms with Crippen LogP contribution in [-0.4, -0.2) is 59.2 Å². The van der Waals surface area contributed by atoms with Gasteiger partial charge in [-0.2, -0.15) is 8.62 Å². The number of phosphoric acid groups is 3. The first-order valence-electron chi connectivity index (χ1n) is 8.39. The van der Waals surface area contributed by atoms with Crippen molar-refractivity contribution in [2.24, 2.45) is 0 Å². The number of aromatic amines is 1. The number of hydrogen-bond donors (Lipinski definition) is 6. The van der Waals surface area contributed by atoms with Crippen LogP contribution in [0.15, 0.2) is 11.0 Å². The lowest BCUT2D eigenvalue weighted by Gasteiger charge is -2.19. The van der Waals surface area contributed by atoms with Gasteiger partial charge in [-0.25, -0.2) is 22.9 Å². The Labute approximate surface area is 174 Å². The fourth-order valence-electron chi connectivity index (χ4n) is 2.15. The molecule has 2 rings (SSSR count). The maximum absolute atomic E-state index is 14.6. The normalized spacial score (nSPS) is 30.2. The minimum atomic E-state index is -5.99. The SMILES string of the molecule is [2H]C([2H])(OP(=O)(O)OP(=O)(O)OP(=O)(O)O)[C@@H]1O[C@H](n2cc(C)c(=S)[nH]c2=O)[C@H](F)C1O. The molecule has 172 valence electrons. The van der Waals surface area contributed by atoms with Gasteiger partial charge in [-0.15, -0.1) is 0 Å². The third-order valence-corrected chi connectivity index (χ3v) is 7.40. The zero-order chi connectivity index (χ0) is 24.9. The Kier molecular flexibility index (Phi) is 6.82. The summed E-state index contributed by atoms with van der Waals surface area (Å²) >= 11 is 4.84. The van der Waals surface area contributed by atoms with E-state index in [9.17, 15) is 32.9 Å². The first-order valence-corrected chi connectivity index (χ1v) is 12.3. The van der Waals surface area contributed by atoms with Gasteiger partial charge in [0.1, 0.15) is 16.8 Å². The first-order chi connectivity index (χ1) is 14.2. The fourth-order valence-corrected chi connectivity index (χ4v) is 5.16. The van der Waals surface area contributed by atoms with Crippen LogP contribution in [0.25, 0.3) is 0 Å². The van der Waals surface area contributed by atoms with Crippen molar-refractivity contribution in [3.8, 4) is 0 Å². The van der Waals surface area contributed by atoms with Gasteiger partial charge in [-0.1, -0.05) is 12.2 Å². The lowest BCUT2D eigenvalue weighted by Crippen LogP contribution is -2.33. The van der Waals surface area contributed by atoms with Crippen LogP contribution in [0, 0.1) is 11.6 Å². The third kappa shape index (κ3) is 6.68. The van der Waals surface area contributed by atoms with Crippen LogP contribution in [-0.2, 0) is 31.6 Å². The molecule has 1 aliphatic heterocycles. The molecule has 1 aromatic rings. The number of aliphatic hydroxyl groups is 1. The second-order valence-corrected chi connectivity index (χ2v) is 10.4. The number of aliphatic hydroxyl groups excluding tert-OH is 1. The van der Waals surface area contributed by atoms with Gasteiger partial charge in [0.05, 0.1) is 9.30 Å². The number of nitrogens with one attached hydrogen (secondary N) is 1. The molecule has 1 aromatic heterocycles. The highest BCUT2D eigenvalue weighted by Gasteiger charge is 2.47. The standard InChI is InChI=1S/C10H16FN2O13P3S/c1-4-2-13(10(15)12-8(4)30)9-6(11)7(14)5(24-9)3-23-28(19,20)26-29(21,22)25-27(16,17)18/h2,5-7,9,14H,3H2,1H3,(H,19,20)(H,21,22)(H,12,15,30)(H2,16,17,18)/t5-,6+,7?,9-/m0/s1/i3D2. The molecule has 20 heteroatoms. The number of ether oxygens (including phenoxy) is 1. The van der Waals surface area contributed by atoms with Gasteiger partial charge in [0.2, 0.25) is 0 Å². The summed E-state index contributed by atoms with van der Waals surface area (Å²) in [6.45, 7) is -2.18. The number of phosphoric ester groups is 1. The molecule has 30 heavy (non-hydrogen) atoms. The van der Waals surface area contributed by atoms with Gasteiger partial charge in [0.25, 0.3) is 0 Å². The van der Waals surface area contributed by atoms with E-state index in [2.05, 4.69) is 18.1 Å². The molecule has 3 unspecified atom stereocenters. The van der Waals surface area contributed by atoms with Crippen molar-refractivity contribution in [3.63, 3.8) is 0 Å². The van der Waals surface area contributed by atoms with E-state index in [-0.39, 0.29) is 10.2 Å². The van der Waals surface area contributed by atoms with E-state index in [1.165, 1.54) is 6.92 Å². The van der Waals surface area contributed by atoms with Crippen LogP contribution in [0.1, 0.15) is 14.5 Å². The molecule has 0 radical (unpaired) electrons. The number of aryl methyl sites for hydroxylation is 1. The lowest BCUT2D eigenvalue weighted by molar-refractivity contribution is -0.0483. The summed E-state index contributed by atoms with van der Waals surface area (Å²) in [7, 11) is -17.7. The van der Waals surface area contributed by atoms with E-state index in [4.69, 9.17) is 34.4 Å². The Morgan fingerprint density at radius 3 is 2.47 bits per heavy atom. The van der Waals surface area contributed by atoms with Crippen LogP contribution in [0.4, 0.5) is 4.39 Å². The first kappa shape index (κ1) is 22.6. The van der Waals surface area contributed by atoms with Crippen LogP contribution in [0.5, 0.6) is 0 Å². The van der Waals surface area contributed by atoms with Gasteiger partial charge in [0.15, 0.2) is 12.4 Å². The molecular weight excluding hydrogens is 500 g/mol. The Morgan fingerprint density at radius 2 is 1.90 bits per heavy atom. The smallest absolute Gasteiger partial charge is 0.387 e. The van der Waals surface area contributed by atoms with Gasteiger partial charge in [-0.05, 0) is 6.92 Å². The summed E-state index contributed by atoms with van der Waals surface area (Å²) in [6, 6.07) is 0. The molecular formula is C10H16FN2O13P3S. The Balaban J connectivity index is 2.27. The van der Waals surface area contributed by atoms with E-state index < -0.39 is 60.3 Å². The molecule has 0 saturated carbocycles. The molecule has 6 atom stereocenters. The minimum absolute atomic E-state index is 0.0137. The number of aromatic nitrogens is 2. The predicted octanol–water partition coefficient (Wildman–Crippen LogP) is 0.154. The van der Waals surface area contributed by atoms with Crippen molar-refractivity contribution in [1.82, 2.24) is 9.55 Å². The fraction of sp³-hybridized carbons (Fsp3) is 0.600. The second-order valence-electron chi connectivity index (χ2n) is 5.66. The minimum Gasteiger partial charge on any atom is -0.387 e. The zero-order valence-corrected chi connectivity index (χ0v) is 18.0. The number of alkyl halides is 1. The van der Waals surface area contributed by atoms with Crippen molar-refractivity contribution in [2.45, 2.75) is 31.5 Å². The molecule has 0 bridgehead atoms. The highest BCUT2D eigenvalue weighted by molar-refractivity contribution is 7.71. The summed E-state index contributed by atoms with van der Waals surface area (Å²) < 4.78 is 80.3. The van der Waals surface area contributed by atoms with Crippen molar-refractivity contribution >= 4 is 35.7 Å². The highest BCUT2D eigenvalue weighted by Crippen LogP contribution is 2.66. The van der Waals surface area contributed by atoms with Gasteiger partial charge in [0, 0.05) is 11.8 Å². The van der Waals surface area contributed by atoms with Crippen LogP contribution in [0.3, 0.4) is 0 Å². The quantitative estimate of drug-likeness (QED) is 0.199. The summed E-state index contributed by atoms with van der Waals surface area (Å²) in [5, 5.41) is 10.0. The van der Waals surface area contributed by atoms with Gasteiger partial charge < -0.3 is 29.4 Å². The molecule has 15 nitrogen and oxygen atoms in total. The Morgan fingerprint density at radius 1 is 1.30 bits per heavy atom. The predicted molar refractivity (Wildman–Crippen MR) is 95.3 cm³/mol. The number of halogens is 1. The summed E-state index contributed by atoms with van der Waals surface area (Å²) in [5.74, 6) is 0. The molecule has 0 aliphatic carbocycles. The van der Waals surface area contributed by atoms with Crippen molar-refractivity contribution in [1.29, 1.82) is 0 Å². The Hall–Kier alpha value is -0.640. The van der Waals surface area contributed by atoms with Crippen molar-refractivity contribution in [3.05, 3.63) is 26.9 Å². The molecule has 0 spiro atoms. The number of nitrogens with zero attached hydrogens (tertiary/aromatic N) is 1. The summed E-state index contributed by atoms with van der Waals surface area (Å²) in [5.41, 5.74) is -0.709. The van der Waals surface area contributed by atoms with Crippen LogP contribution in [0.2, 0.25) is 0 Å². The van der Waals surface area contributed by atoms with E-state index in [1.54, 1.807) is 0 Å². The van der Waals surface area contributed by atoms with E-state index in [0.717, 1.165) is 6.20 Å². The summed E-state index contributed by atoms with van der Waals surface area (Å²) in [6.07, 6.45) is -8.17. The molecule has 0 aromatic carbocycles. The maximum Gasteiger partial charge on any atom is 0.490 e. The van der Waals surface area contributed by atoms with Crippen molar-refractivity contribution < 1.29 is 63.4 Å². The Bertz CT molecular complexity index is 1140. The lowest BCUT2D eigenvalue weighted by atomic mass is 10.1. The van der Waals surface area contributed by atoms with E-state index in [0.29, 0.717) is 4.57 Å². The molecule has 1 aliphatic rings. The molecule has 6 N–H and O–H groups in total. The van der Waals surface area contributed by atoms with E-state index >= 15 is 0 Å². The number of H-pyrrole nitrogens is 1. The number of rotatable bonds is 8. The monoisotopic (exact) mass is 518 g/mol. The molecule has 1 saturated heterocycles. The van der Waals surface area contributed by atoms with Gasteiger partial charge >= 0.3 is 29.2 Å². The van der Waals surface area contributed by atoms with Crippen LogP contribution < -0.4 is 5.69 Å². The van der Waals surface area contributed by atoms with Gasteiger partial charge in [-0.3, -0.25) is 14.1 Å². The molecule has 0 amide bonds. The topological polar surface area (TPSA) is 227 Å². The summed E-state index contributed by atoms with van der Waals surface area (Å²) in [4.78, 5) is 49.8. The molecule has 1 fully saturated rings. The van der Waals surface area contributed by atoms with E-state index in [1.807, 2.05) is 0 Å². The van der Waals surface area contributed by atoms with Crippen molar-refractivity contribution in [2.75, 3.05) is 6.56 Å². The molecule has 2 heterocycles. The zero-order valence-electron chi connectivity index (χ0n) is 16.5. The second kappa shape index (κ2) is 9.08. The third-order valence-electron chi connectivity index (χ3n) is 3.32. The maximum atomic E-state index is 14.6. The highest BCUT2D eigenvalue weighted by atomic mass is 32.1.